The predicted octanol–water partition coefficient (Wildman–Crippen LogP) is 3.31. The van der Waals surface area contributed by atoms with E-state index in [1.54, 1.807) is 29.2 Å². The number of nitrogens with two attached hydrogens (primary N) is 2. The van der Waals surface area contributed by atoms with Gasteiger partial charge in [-0.2, -0.15) is 0 Å². The number of aliphatic carboxylic acids is 1. The number of likely N-dealkylation sites (tertiary alicyclic amines) is 1. The van der Waals surface area contributed by atoms with E-state index < -0.39 is 11.9 Å². The average Bonchev–Trinajstić information content (AvgIpc) is 3.21. The van der Waals surface area contributed by atoms with Gasteiger partial charge in [0.1, 0.15) is 0 Å². The van der Waals surface area contributed by atoms with E-state index in [-0.39, 0.29) is 36.8 Å². The SMILES string of the molecule is NC(N)=Nc1cccc(-c2cccc(C(=O)NC[C@@H]3C[C@@H](CC(=O)O)C(=O)N3CCCc3ccccc3)c2)c1. The average molecular weight is 528 g/mol. The number of benzene rings is 3. The smallest absolute Gasteiger partial charge is 0.304 e. The van der Waals surface area contributed by atoms with E-state index in [1.165, 1.54) is 5.56 Å². The number of carboxylic acid groups (broad SMARTS) is 1. The van der Waals surface area contributed by atoms with Crippen LogP contribution in [0, 0.1) is 5.92 Å². The Morgan fingerprint density at radius 2 is 1.69 bits per heavy atom. The molecule has 0 bridgehead atoms. The summed E-state index contributed by atoms with van der Waals surface area (Å²) in [7, 11) is 0. The minimum Gasteiger partial charge on any atom is -0.481 e. The fourth-order valence-corrected chi connectivity index (χ4v) is 4.99. The number of nitrogens with one attached hydrogen (secondary N) is 1. The van der Waals surface area contributed by atoms with Crippen molar-refractivity contribution in [3.05, 3.63) is 90.0 Å². The first kappa shape index (κ1) is 27.4. The summed E-state index contributed by atoms with van der Waals surface area (Å²) in [5.41, 5.74) is 14.9. The van der Waals surface area contributed by atoms with Crippen LogP contribution in [-0.2, 0) is 16.0 Å². The molecule has 2 amide bonds. The lowest BCUT2D eigenvalue weighted by Gasteiger charge is -2.25. The van der Waals surface area contributed by atoms with Gasteiger partial charge in [-0.3, -0.25) is 14.4 Å². The van der Waals surface area contributed by atoms with Crippen molar-refractivity contribution in [1.29, 1.82) is 0 Å². The number of amides is 2. The fraction of sp³-hybridized carbons (Fsp3) is 0.267. The van der Waals surface area contributed by atoms with Crippen molar-refractivity contribution in [1.82, 2.24) is 10.2 Å². The molecule has 0 aromatic heterocycles. The number of aliphatic imine (C=N–C) groups is 1. The highest BCUT2D eigenvalue weighted by molar-refractivity contribution is 5.95. The molecule has 0 unspecified atom stereocenters. The molecule has 1 heterocycles. The van der Waals surface area contributed by atoms with Crippen molar-refractivity contribution >= 4 is 29.4 Å². The van der Waals surface area contributed by atoms with Crippen LogP contribution in [0.3, 0.4) is 0 Å². The third-order valence-corrected chi connectivity index (χ3v) is 6.82. The number of carbonyl (C=O) groups is 3. The zero-order valence-electron chi connectivity index (χ0n) is 21.6. The van der Waals surface area contributed by atoms with E-state index >= 15 is 0 Å². The molecule has 3 aromatic carbocycles. The van der Waals surface area contributed by atoms with Gasteiger partial charge in [0.2, 0.25) is 5.91 Å². The molecule has 2 atom stereocenters. The largest absolute Gasteiger partial charge is 0.481 e. The molecule has 3 aromatic rings. The highest BCUT2D eigenvalue weighted by Crippen LogP contribution is 2.28. The number of aryl methyl sites for hydroxylation is 1. The maximum atomic E-state index is 13.1. The van der Waals surface area contributed by atoms with Crippen LogP contribution in [0.1, 0.15) is 35.2 Å². The lowest BCUT2D eigenvalue weighted by atomic mass is 10.0. The second-order valence-corrected chi connectivity index (χ2v) is 9.68. The van der Waals surface area contributed by atoms with E-state index in [4.69, 9.17) is 11.5 Å². The zero-order chi connectivity index (χ0) is 27.8. The van der Waals surface area contributed by atoms with Crippen LogP contribution in [-0.4, -0.2) is 52.9 Å². The third kappa shape index (κ3) is 7.44. The van der Waals surface area contributed by atoms with Crippen molar-refractivity contribution in [3.63, 3.8) is 0 Å². The number of nitrogens with zero attached hydrogens (tertiary/aromatic N) is 2. The van der Waals surface area contributed by atoms with Crippen molar-refractivity contribution < 1.29 is 19.5 Å². The molecule has 202 valence electrons. The van der Waals surface area contributed by atoms with Gasteiger partial charge >= 0.3 is 5.97 Å². The van der Waals surface area contributed by atoms with Gasteiger partial charge in [-0.15, -0.1) is 0 Å². The van der Waals surface area contributed by atoms with E-state index in [2.05, 4.69) is 10.3 Å². The van der Waals surface area contributed by atoms with E-state index in [0.717, 1.165) is 24.0 Å². The number of carbonyl (C=O) groups excluding carboxylic acids is 2. The van der Waals surface area contributed by atoms with Crippen LogP contribution in [0.15, 0.2) is 83.9 Å². The van der Waals surface area contributed by atoms with Gasteiger partial charge in [-0.25, -0.2) is 4.99 Å². The zero-order valence-corrected chi connectivity index (χ0v) is 21.6. The van der Waals surface area contributed by atoms with Crippen LogP contribution < -0.4 is 16.8 Å². The highest BCUT2D eigenvalue weighted by Gasteiger charge is 2.40. The van der Waals surface area contributed by atoms with Gasteiger partial charge in [0, 0.05) is 24.7 Å². The van der Waals surface area contributed by atoms with Gasteiger partial charge in [0.15, 0.2) is 5.96 Å². The molecule has 1 aliphatic heterocycles. The molecule has 1 saturated heterocycles. The Balaban J connectivity index is 1.42. The second kappa shape index (κ2) is 12.7. The molecule has 9 heteroatoms. The van der Waals surface area contributed by atoms with Crippen molar-refractivity contribution in [2.24, 2.45) is 22.4 Å². The molecule has 9 nitrogen and oxygen atoms in total. The molecule has 4 rings (SSSR count). The number of guanidine groups is 1. The lowest BCUT2D eigenvalue weighted by Crippen LogP contribution is -2.42. The summed E-state index contributed by atoms with van der Waals surface area (Å²) >= 11 is 0. The molecular weight excluding hydrogens is 494 g/mol. The molecule has 39 heavy (non-hydrogen) atoms. The normalized spacial score (nSPS) is 16.6. The molecule has 1 fully saturated rings. The second-order valence-electron chi connectivity index (χ2n) is 9.68. The number of rotatable bonds is 11. The summed E-state index contributed by atoms with van der Waals surface area (Å²) in [6.45, 7) is 0.752. The summed E-state index contributed by atoms with van der Waals surface area (Å²) in [4.78, 5) is 43.3. The Hall–Kier alpha value is -4.66. The van der Waals surface area contributed by atoms with Gasteiger partial charge < -0.3 is 26.8 Å². The van der Waals surface area contributed by atoms with Crippen LogP contribution >= 0.6 is 0 Å². The summed E-state index contributed by atoms with van der Waals surface area (Å²) < 4.78 is 0. The van der Waals surface area contributed by atoms with E-state index in [9.17, 15) is 19.5 Å². The Kier molecular flexibility index (Phi) is 8.94. The van der Waals surface area contributed by atoms with Crippen molar-refractivity contribution in [2.45, 2.75) is 31.7 Å². The third-order valence-electron chi connectivity index (χ3n) is 6.82. The first-order chi connectivity index (χ1) is 18.8. The molecule has 0 aliphatic carbocycles. The molecule has 1 aliphatic rings. The van der Waals surface area contributed by atoms with Crippen LogP contribution in [0.2, 0.25) is 0 Å². The van der Waals surface area contributed by atoms with E-state index in [1.807, 2.05) is 54.6 Å². The Labute approximate surface area is 227 Å². The van der Waals surface area contributed by atoms with Crippen molar-refractivity contribution in [3.8, 4) is 11.1 Å². The topological polar surface area (TPSA) is 151 Å². The number of hydrogen-bond donors (Lipinski definition) is 4. The minimum absolute atomic E-state index is 0.0367. The molecule has 6 N–H and O–H groups in total. The predicted molar refractivity (Wildman–Crippen MR) is 150 cm³/mol. The van der Waals surface area contributed by atoms with Gasteiger partial charge in [-0.05, 0) is 60.2 Å². The maximum Gasteiger partial charge on any atom is 0.304 e. The first-order valence-electron chi connectivity index (χ1n) is 12.9. The van der Waals surface area contributed by atoms with Gasteiger partial charge in [0.05, 0.1) is 18.0 Å². The van der Waals surface area contributed by atoms with Crippen LogP contribution in [0.25, 0.3) is 11.1 Å². The quantitative estimate of drug-likeness (QED) is 0.222. The standard InChI is InChI=1S/C30H33N5O4/c31-30(32)34-25-13-5-11-22(16-25)21-10-4-12-23(15-21)28(38)33-19-26-17-24(18-27(36)37)29(39)35(26)14-6-9-20-7-2-1-3-8-20/h1-5,7-8,10-13,15-16,24,26H,6,9,14,17-19H2,(H,33,38)(H,36,37)(H4,31,32,34)/t24-,26-/m0/s1. The summed E-state index contributed by atoms with van der Waals surface area (Å²) in [5.74, 6) is -2.04. The number of hydrogen-bond acceptors (Lipinski definition) is 4. The molecular formula is C30H33N5O4. The van der Waals surface area contributed by atoms with Gasteiger partial charge in [0.25, 0.3) is 5.91 Å². The Morgan fingerprint density at radius 3 is 2.41 bits per heavy atom. The Morgan fingerprint density at radius 1 is 0.974 bits per heavy atom. The minimum atomic E-state index is -0.997. The van der Waals surface area contributed by atoms with E-state index in [0.29, 0.717) is 24.2 Å². The lowest BCUT2D eigenvalue weighted by molar-refractivity contribution is -0.142. The fourth-order valence-electron chi connectivity index (χ4n) is 4.99. The van der Waals surface area contributed by atoms with Gasteiger partial charge in [-0.1, -0.05) is 54.6 Å². The van der Waals surface area contributed by atoms with Crippen LogP contribution in [0.5, 0.6) is 0 Å². The summed E-state index contributed by atoms with van der Waals surface area (Å²) in [6, 6.07) is 24.3. The molecule has 0 saturated carbocycles. The monoisotopic (exact) mass is 527 g/mol. The highest BCUT2D eigenvalue weighted by atomic mass is 16.4. The van der Waals surface area contributed by atoms with Crippen molar-refractivity contribution in [2.75, 3.05) is 13.1 Å². The first-order valence-corrected chi connectivity index (χ1v) is 12.9. The number of carboxylic acids is 1. The Bertz CT molecular complexity index is 1350. The molecule has 0 radical (unpaired) electrons. The maximum absolute atomic E-state index is 13.1. The molecule has 0 spiro atoms. The summed E-state index contributed by atoms with van der Waals surface area (Å²) in [5, 5.41) is 12.2. The summed E-state index contributed by atoms with van der Waals surface area (Å²) in [6.07, 6.45) is 1.75. The van der Waals surface area contributed by atoms with Crippen LogP contribution in [0.4, 0.5) is 5.69 Å².